The van der Waals surface area contributed by atoms with Gasteiger partial charge in [0.05, 0.1) is 38.8 Å². The molecular weight excluding hydrogens is 306 g/mol. The van der Waals surface area contributed by atoms with Gasteiger partial charge in [0.1, 0.15) is 17.3 Å². The van der Waals surface area contributed by atoms with Crippen molar-refractivity contribution in [2.75, 3.05) is 13.7 Å². The molecule has 0 amide bonds. The van der Waals surface area contributed by atoms with E-state index < -0.39 is 6.10 Å². The molecule has 0 bridgehead atoms. The fraction of sp³-hybridized carbons (Fsp3) is 0.263. The minimum atomic E-state index is -0.634. The van der Waals surface area contributed by atoms with Crippen molar-refractivity contribution in [1.82, 2.24) is 4.90 Å². The zero-order chi connectivity index (χ0) is 16.8. The monoisotopic (exact) mass is 327 g/mol. The van der Waals surface area contributed by atoms with E-state index in [0.29, 0.717) is 19.6 Å². The summed E-state index contributed by atoms with van der Waals surface area (Å²) in [5.41, 5.74) is 0.818. The van der Waals surface area contributed by atoms with Gasteiger partial charge in [-0.15, -0.1) is 0 Å². The second-order valence-electron chi connectivity index (χ2n) is 5.62. The van der Waals surface area contributed by atoms with Gasteiger partial charge >= 0.3 is 0 Å². The molecule has 0 saturated heterocycles. The summed E-state index contributed by atoms with van der Waals surface area (Å²) < 4.78 is 16.1. The molecule has 24 heavy (non-hydrogen) atoms. The Labute approximate surface area is 141 Å². The van der Waals surface area contributed by atoms with Crippen LogP contribution in [0.15, 0.2) is 69.9 Å². The van der Waals surface area contributed by atoms with Crippen molar-refractivity contribution < 1.29 is 18.7 Å². The number of nitrogens with zero attached hydrogens (tertiary/aromatic N) is 1. The van der Waals surface area contributed by atoms with Crippen LogP contribution in [-0.2, 0) is 13.1 Å². The predicted molar refractivity (Wildman–Crippen MR) is 89.5 cm³/mol. The Morgan fingerprint density at radius 1 is 1.00 bits per heavy atom. The first-order valence-corrected chi connectivity index (χ1v) is 7.83. The highest BCUT2D eigenvalue weighted by atomic mass is 16.5. The number of benzene rings is 1. The highest BCUT2D eigenvalue weighted by molar-refractivity contribution is 5.30. The topological polar surface area (TPSA) is 59.0 Å². The highest BCUT2D eigenvalue weighted by Gasteiger charge is 2.17. The van der Waals surface area contributed by atoms with Gasteiger partial charge < -0.3 is 18.7 Å². The first-order chi connectivity index (χ1) is 11.7. The van der Waals surface area contributed by atoms with Crippen molar-refractivity contribution in [1.29, 1.82) is 0 Å². The van der Waals surface area contributed by atoms with Crippen molar-refractivity contribution in [3.63, 3.8) is 0 Å². The molecule has 1 aromatic carbocycles. The maximum absolute atomic E-state index is 10.6. The molecule has 0 aliphatic carbocycles. The molecule has 0 aliphatic rings. The van der Waals surface area contributed by atoms with E-state index in [2.05, 4.69) is 4.90 Å². The van der Waals surface area contributed by atoms with Crippen LogP contribution in [0.2, 0.25) is 0 Å². The molecule has 1 N–H and O–H groups in total. The van der Waals surface area contributed by atoms with E-state index in [9.17, 15) is 5.11 Å². The second kappa shape index (κ2) is 7.86. The number of methoxy groups -OCH3 is 1. The Morgan fingerprint density at radius 2 is 1.67 bits per heavy atom. The van der Waals surface area contributed by atoms with Crippen LogP contribution in [0.1, 0.15) is 23.2 Å². The quantitative estimate of drug-likeness (QED) is 0.685. The lowest BCUT2D eigenvalue weighted by Gasteiger charge is -2.23. The van der Waals surface area contributed by atoms with Gasteiger partial charge in [-0.1, -0.05) is 12.1 Å². The predicted octanol–water partition coefficient (Wildman–Crippen LogP) is 3.62. The van der Waals surface area contributed by atoms with Crippen LogP contribution in [0.4, 0.5) is 0 Å². The van der Waals surface area contributed by atoms with Crippen LogP contribution in [0, 0.1) is 0 Å². The van der Waals surface area contributed by atoms with E-state index >= 15 is 0 Å². The summed E-state index contributed by atoms with van der Waals surface area (Å²) in [6.45, 7) is 1.64. The highest BCUT2D eigenvalue weighted by Crippen LogP contribution is 2.22. The lowest BCUT2D eigenvalue weighted by molar-refractivity contribution is 0.0959. The molecule has 3 rings (SSSR count). The molecule has 3 aromatic rings. The number of rotatable bonds is 8. The molecule has 0 radical (unpaired) electrons. The lowest BCUT2D eigenvalue weighted by Crippen LogP contribution is -2.27. The third kappa shape index (κ3) is 4.28. The molecule has 1 unspecified atom stereocenters. The summed E-state index contributed by atoms with van der Waals surface area (Å²) in [6.07, 6.45) is 2.67. The molecule has 5 heteroatoms. The maximum Gasteiger partial charge on any atom is 0.119 e. The minimum absolute atomic E-state index is 0.453. The van der Waals surface area contributed by atoms with Crippen molar-refractivity contribution in [3.05, 3.63) is 78.1 Å². The van der Waals surface area contributed by atoms with E-state index in [1.807, 2.05) is 48.5 Å². The Kier molecular flexibility index (Phi) is 5.36. The third-order valence-electron chi connectivity index (χ3n) is 3.83. The van der Waals surface area contributed by atoms with Crippen molar-refractivity contribution in [2.45, 2.75) is 19.2 Å². The average Bonchev–Trinajstić information content (AvgIpc) is 3.29. The summed E-state index contributed by atoms with van der Waals surface area (Å²) in [5.74, 6) is 2.42. The molecule has 1 atom stereocenters. The summed E-state index contributed by atoms with van der Waals surface area (Å²) in [7, 11) is 1.62. The SMILES string of the molecule is COc1cccc(C(O)CN(Cc2ccco2)Cc2ccco2)c1. The standard InChI is InChI=1S/C19H21NO4/c1-22-16-6-2-5-15(11-16)19(21)14-20(12-17-7-3-9-23-17)13-18-8-4-10-24-18/h2-11,19,21H,12-14H2,1H3. The van der Waals surface area contributed by atoms with Crippen LogP contribution < -0.4 is 4.74 Å². The second-order valence-corrected chi connectivity index (χ2v) is 5.62. The molecule has 2 heterocycles. The zero-order valence-corrected chi connectivity index (χ0v) is 13.6. The van der Waals surface area contributed by atoms with Gasteiger partial charge in [-0.05, 0) is 42.0 Å². The molecule has 0 fully saturated rings. The molecule has 0 aliphatic heterocycles. The van der Waals surface area contributed by atoms with E-state index in [-0.39, 0.29) is 0 Å². The van der Waals surface area contributed by atoms with E-state index in [0.717, 1.165) is 22.8 Å². The summed E-state index contributed by atoms with van der Waals surface area (Å²) in [6, 6.07) is 15.0. The van der Waals surface area contributed by atoms with Gasteiger partial charge in [-0.2, -0.15) is 0 Å². The van der Waals surface area contributed by atoms with Gasteiger partial charge in [-0.3, -0.25) is 4.90 Å². The molecule has 2 aromatic heterocycles. The van der Waals surface area contributed by atoms with E-state index in [4.69, 9.17) is 13.6 Å². The third-order valence-corrected chi connectivity index (χ3v) is 3.83. The zero-order valence-electron chi connectivity index (χ0n) is 13.6. The number of ether oxygens (including phenoxy) is 1. The Morgan fingerprint density at radius 3 is 2.21 bits per heavy atom. The van der Waals surface area contributed by atoms with Crippen LogP contribution in [0.25, 0.3) is 0 Å². The van der Waals surface area contributed by atoms with Crippen molar-refractivity contribution >= 4 is 0 Å². The van der Waals surface area contributed by atoms with Crippen molar-refractivity contribution in [3.8, 4) is 5.75 Å². The van der Waals surface area contributed by atoms with Gasteiger partial charge in [0.15, 0.2) is 0 Å². The summed E-state index contributed by atoms with van der Waals surface area (Å²) in [4.78, 5) is 2.09. The van der Waals surface area contributed by atoms with Gasteiger partial charge in [0, 0.05) is 6.54 Å². The lowest BCUT2D eigenvalue weighted by atomic mass is 10.1. The molecule has 5 nitrogen and oxygen atoms in total. The fourth-order valence-corrected chi connectivity index (χ4v) is 2.63. The first-order valence-electron chi connectivity index (χ1n) is 7.83. The number of furan rings is 2. The summed E-state index contributed by atoms with van der Waals surface area (Å²) in [5, 5.41) is 10.6. The van der Waals surface area contributed by atoms with E-state index in [1.54, 1.807) is 19.6 Å². The fourth-order valence-electron chi connectivity index (χ4n) is 2.63. The van der Waals surface area contributed by atoms with Crippen LogP contribution >= 0.6 is 0 Å². The molecule has 0 saturated carbocycles. The van der Waals surface area contributed by atoms with Crippen LogP contribution in [0.5, 0.6) is 5.75 Å². The van der Waals surface area contributed by atoms with Crippen LogP contribution in [0.3, 0.4) is 0 Å². The van der Waals surface area contributed by atoms with Gasteiger partial charge in [-0.25, -0.2) is 0 Å². The number of aliphatic hydroxyl groups excluding tert-OH is 1. The molecule has 126 valence electrons. The number of hydrogen-bond donors (Lipinski definition) is 1. The minimum Gasteiger partial charge on any atom is -0.497 e. The normalized spacial score (nSPS) is 12.5. The largest absolute Gasteiger partial charge is 0.497 e. The molecular formula is C19H21NO4. The van der Waals surface area contributed by atoms with E-state index in [1.165, 1.54) is 0 Å². The average molecular weight is 327 g/mol. The maximum atomic E-state index is 10.6. The van der Waals surface area contributed by atoms with Crippen LogP contribution in [-0.4, -0.2) is 23.7 Å². The Bertz CT molecular complexity index is 685. The smallest absolute Gasteiger partial charge is 0.119 e. The van der Waals surface area contributed by atoms with Gasteiger partial charge in [0.2, 0.25) is 0 Å². The first kappa shape index (κ1) is 16.4. The molecule has 0 spiro atoms. The summed E-state index contributed by atoms with van der Waals surface area (Å²) >= 11 is 0. The number of aliphatic hydroxyl groups is 1. The van der Waals surface area contributed by atoms with Gasteiger partial charge in [0.25, 0.3) is 0 Å². The Balaban J connectivity index is 1.71. The number of hydrogen-bond acceptors (Lipinski definition) is 5. The Hall–Kier alpha value is -2.50. The van der Waals surface area contributed by atoms with Crippen molar-refractivity contribution in [2.24, 2.45) is 0 Å².